The van der Waals surface area contributed by atoms with E-state index >= 15 is 0 Å². The lowest BCUT2D eigenvalue weighted by atomic mass is 10.0. The van der Waals surface area contributed by atoms with Gasteiger partial charge >= 0.3 is 6.03 Å². The number of aliphatic hydroxyl groups is 1. The number of aliphatic hydroxyl groups excluding tert-OH is 1. The molecule has 11 nitrogen and oxygen atoms in total. The first-order chi connectivity index (χ1) is 23.3. The monoisotopic (exact) mass is 702 g/mol. The van der Waals surface area contributed by atoms with Crippen molar-refractivity contribution < 1.29 is 41.4 Å². The highest BCUT2D eigenvalue weighted by Gasteiger charge is 2.31. The molecule has 1 aliphatic heterocycles. The summed E-state index contributed by atoms with van der Waals surface area (Å²) < 4.78 is 67.9. The smallest absolute Gasteiger partial charge is 0.321 e. The van der Waals surface area contributed by atoms with Crippen LogP contribution in [0.25, 0.3) is 0 Å². The maximum atomic E-state index is 14.3. The predicted octanol–water partition coefficient (Wildman–Crippen LogP) is 5.73. The van der Waals surface area contributed by atoms with Crippen molar-refractivity contribution in [3.05, 3.63) is 83.9 Å². The van der Waals surface area contributed by atoms with Gasteiger partial charge in [-0.25, -0.2) is 22.0 Å². The largest absolute Gasteiger partial charge is 0.490 e. The van der Waals surface area contributed by atoms with Crippen LogP contribution in [0.4, 0.5) is 25.0 Å². The number of nitrogens with zero attached hydrogens (tertiary/aromatic N) is 2. The zero-order chi connectivity index (χ0) is 35.7. The second kappa shape index (κ2) is 16.9. The molecular formula is C35H44F2N4O7S. The molecular weight excluding hydrogens is 658 g/mol. The van der Waals surface area contributed by atoms with Crippen LogP contribution in [0, 0.1) is 17.6 Å². The van der Waals surface area contributed by atoms with E-state index in [1.54, 1.807) is 14.0 Å². The van der Waals surface area contributed by atoms with Crippen molar-refractivity contribution in [2.75, 3.05) is 43.4 Å². The summed E-state index contributed by atoms with van der Waals surface area (Å²) in [4.78, 5) is 30.1. The Morgan fingerprint density at radius 2 is 1.65 bits per heavy atom. The van der Waals surface area contributed by atoms with E-state index in [1.807, 2.05) is 13.8 Å². The first kappa shape index (κ1) is 37.5. The number of nitrogens with one attached hydrogen (secondary N) is 2. The summed E-state index contributed by atoms with van der Waals surface area (Å²) in [5.74, 6) is -1.58. The van der Waals surface area contributed by atoms with Gasteiger partial charge in [0.2, 0.25) is 0 Å². The van der Waals surface area contributed by atoms with Crippen molar-refractivity contribution in [3.63, 3.8) is 0 Å². The van der Waals surface area contributed by atoms with Gasteiger partial charge in [0.15, 0.2) is 0 Å². The number of benzene rings is 3. The van der Waals surface area contributed by atoms with Crippen LogP contribution < -0.4 is 14.8 Å². The summed E-state index contributed by atoms with van der Waals surface area (Å²) in [5, 5.41) is 12.9. The molecule has 14 heteroatoms. The maximum absolute atomic E-state index is 14.3. The van der Waals surface area contributed by atoms with Gasteiger partial charge in [-0.3, -0.25) is 9.52 Å². The highest BCUT2D eigenvalue weighted by Crippen LogP contribution is 2.29. The van der Waals surface area contributed by atoms with Crippen LogP contribution >= 0.6 is 0 Å². The van der Waals surface area contributed by atoms with Crippen molar-refractivity contribution >= 4 is 33.3 Å². The summed E-state index contributed by atoms with van der Waals surface area (Å²) in [6, 6.07) is 13.1. The SMILES string of the molecule is C[C@@H]1CCCCO[C@H](CN(C)C(=O)Nc2ccc(F)cc2)[C@H](C)CN([C@@H](C)CO)C(=O)c2cc(NS(=O)(=O)c3ccc(F)cc3)ccc2O1. The summed E-state index contributed by atoms with van der Waals surface area (Å²) in [5.41, 5.74) is 0.610. The topological polar surface area (TPSA) is 138 Å². The summed E-state index contributed by atoms with van der Waals surface area (Å²) in [6.45, 7) is 5.81. The molecule has 4 rings (SSSR count). The molecule has 0 spiro atoms. The Balaban J connectivity index is 1.62. The van der Waals surface area contributed by atoms with Gasteiger partial charge in [-0.1, -0.05) is 6.92 Å². The standard InChI is InChI=1S/C35H44F2N4O7S/c1-23-20-41(24(2)22-42)34(43)31-19-29(39-49(45,46)30-15-10-27(37)11-16-30)14-17-32(31)48-25(3)7-5-6-18-47-33(23)21-40(4)35(44)38-28-12-8-26(36)9-13-28/h8-17,19,23-25,33,39,42H,5-7,18,20-22H2,1-4H3,(H,38,44)/t23-,24+,25-,33-/m1/s1. The molecule has 0 aromatic heterocycles. The number of carbonyl (C=O) groups is 2. The zero-order valence-corrected chi connectivity index (χ0v) is 28.9. The van der Waals surface area contributed by atoms with E-state index in [1.165, 1.54) is 52.3 Å². The molecule has 0 radical (unpaired) electrons. The first-order valence-electron chi connectivity index (χ1n) is 16.2. The molecule has 0 fully saturated rings. The number of anilines is 2. The van der Waals surface area contributed by atoms with Gasteiger partial charge in [0.05, 0.1) is 35.3 Å². The van der Waals surface area contributed by atoms with E-state index in [9.17, 15) is 31.9 Å². The molecule has 0 bridgehead atoms. The summed E-state index contributed by atoms with van der Waals surface area (Å²) >= 11 is 0. The molecule has 0 unspecified atom stereocenters. The Kier molecular flexibility index (Phi) is 13.0. The Labute approximate surface area is 286 Å². The lowest BCUT2D eigenvalue weighted by molar-refractivity contribution is -0.0115. The van der Waals surface area contributed by atoms with Crippen molar-refractivity contribution in [1.82, 2.24) is 9.80 Å². The minimum Gasteiger partial charge on any atom is -0.490 e. The fraction of sp³-hybridized carbons (Fsp3) is 0.429. The molecule has 3 N–H and O–H groups in total. The third kappa shape index (κ3) is 10.4. The number of halogens is 2. The summed E-state index contributed by atoms with van der Waals surface area (Å²) in [6.07, 6.45) is 1.32. The molecule has 0 saturated heterocycles. The van der Waals surface area contributed by atoms with Crippen molar-refractivity contribution in [3.8, 4) is 5.75 Å². The molecule has 1 aliphatic rings. The molecule has 0 saturated carbocycles. The van der Waals surface area contributed by atoms with Crippen LogP contribution in [0.2, 0.25) is 0 Å². The average molecular weight is 703 g/mol. The molecule has 49 heavy (non-hydrogen) atoms. The highest BCUT2D eigenvalue weighted by molar-refractivity contribution is 7.92. The van der Waals surface area contributed by atoms with Crippen LogP contribution in [0.5, 0.6) is 5.75 Å². The van der Waals surface area contributed by atoms with Gasteiger partial charge in [0.25, 0.3) is 15.9 Å². The second-order valence-electron chi connectivity index (χ2n) is 12.4. The third-order valence-electron chi connectivity index (χ3n) is 8.32. The molecule has 3 aromatic carbocycles. The van der Waals surface area contributed by atoms with E-state index in [0.717, 1.165) is 37.1 Å². The fourth-order valence-electron chi connectivity index (χ4n) is 5.38. The number of hydrogen-bond donors (Lipinski definition) is 3. The van der Waals surface area contributed by atoms with E-state index in [0.29, 0.717) is 18.7 Å². The third-order valence-corrected chi connectivity index (χ3v) is 9.72. The molecule has 3 amide bonds. The van der Waals surface area contributed by atoms with E-state index in [-0.39, 0.29) is 53.6 Å². The maximum Gasteiger partial charge on any atom is 0.321 e. The van der Waals surface area contributed by atoms with Gasteiger partial charge in [-0.05, 0) is 99.8 Å². The quantitative estimate of drug-likeness (QED) is 0.273. The number of likely N-dealkylation sites (N-methyl/N-ethyl adjacent to an activating group) is 1. The van der Waals surface area contributed by atoms with Gasteiger partial charge in [-0.15, -0.1) is 0 Å². The van der Waals surface area contributed by atoms with Gasteiger partial charge in [-0.2, -0.15) is 0 Å². The van der Waals surface area contributed by atoms with Gasteiger partial charge in [0, 0.05) is 44.0 Å². The molecule has 266 valence electrons. The highest BCUT2D eigenvalue weighted by atomic mass is 32.2. The van der Waals surface area contributed by atoms with Crippen LogP contribution in [-0.2, 0) is 14.8 Å². The fourth-order valence-corrected chi connectivity index (χ4v) is 6.43. The van der Waals surface area contributed by atoms with Crippen LogP contribution in [0.15, 0.2) is 71.6 Å². The van der Waals surface area contributed by atoms with Crippen LogP contribution in [0.1, 0.15) is 50.4 Å². The number of amides is 3. The predicted molar refractivity (Wildman–Crippen MR) is 182 cm³/mol. The number of fused-ring (bicyclic) bond motifs is 1. The Bertz CT molecular complexity index is 1680. The number of urea groups is 1. The van der Waals surface area contributed by atoms with E-state index in [2.05, 4.69) is 10.0 Å². The molecule has 1 heterocycles. The normalized spacial score (nSPS) is 19.9. The second-order valence-corrected chi connectivity index (χ2v) is 14.1. The van der Waals surface area contributed by atoms with Gasteiger partial charge < -0.3 is 29.7 Å². The number of sulfonamides is 1. The molecule has 0 aliphatic carbocycles. The molecule has 3 aromatic rings. The van der Waals surface area contributed by atoms with Crippen LogP contribution in [-0.4, -0.2) is 86.9 Å². The van der Waals surface area contributed by atoms with Crippen molar-refractivity contribution in [2.24, 2.45) is 5.92 Å². The zero-order valence-electron chi connectivity index (χ0n) is 28.1. The Morgan fingerprint density at radius 3 is 2.31 bits per heavy atom. The first-order valence-corrected chi connectivity index (χ1v) is 17.7. The summed E-state index contributed by atoms with van der Waals surface area (Å²) in [7, 11) is -2.50. The minimum absolute atomic E-state index is 0.0870. The number of carbonyl (C=O) groups excluding carboxylic acids is 2. The number of hydrogen-bond acceptors (Lipinski definition) is 7. The van der Waals surface area contributed by atoms with E-state index in [4.69, 9.17) is 9.47 Å². The van der Waals surface area contributed by atoms with E-state index < -0.39 is 45.7 Å². The van der Waals surface area contributed by atoms with Crippen molar-refractivity contribution in [1.29, 1.82) is 0 Å². The average Bonchev–Trinajstić information content (AvgIpc) is 3.07. The van der Waals surface area contributed by atoms with Crippen molar-refractivity contribution in [2.45, 2.75) is 63.2 Å². The number of ether oxygens (including phenoxy) is 2. The van der Waals surface area contributed by atoms with Gasteiger partial charge in [0.1, 0.15) is 17.4 Å². The lowest BCUT2D eigenvalue weighted by Crippen LogP contribution is -2.48. The minimum atomic E-state index is -4.12. The Hall–Kier alpha value is -4.27. The van der Waals surface area contributed by atoms with Crippen LogP contribution in [0.3, 0.4) is 0 Å². The molecule has 4 atom stereocenters. The number of rotatable bonds is 8. The lowest BCUT2D eigenvalue weighted by Gasteiger charge is -2.35. The Morgan fingerprint density at radius 1 is 1.02 bits per heavy atom.